The molecule has 1 N–H and O–H groups in total. The maximum Gasteiger partial charge on any atom is 0.287 e. The quantitative estimate of drug-likeness (QED) is 0.700. The molecule has 7 heteroatoms. The highest BCUT2D eigenvalue weighted by Crippen LogP contribution is 2.21. The summed E-state index contributed by atoms with van der Waals surface area (Å²) in [5, 5.41) is 2.82. The van der Waals surface area contributed by atoms with Crippen molar-refractivity contribution in [2.45, 2.75) is 25.9 Å². The fourth-order valence-electron chi connectivity index (χ4n) is 3.33. The number of nitrogens with zero attached hydrogens (tertiary/aromatic N) is 2. The summed E-state index contributed by atoms with van der Waals surface area (Å²) in [7, 11) is 0. The Balaban J connectivity index is 1.34. The zero-order valence-corrected chi connectivity index (χ0v) is 15.8. The highest BCUT2D eigenvalue weighted by Gasteiger charge is 2.21. The maximum absolute atomic E-state index is 12.3. The molecule has 1 aliphatic heterocycles. The summed E-state index contributed by atoms with van der Waals surface area (Å²) < 4.78 is 7.08. The molecule has 0 unspecified atom stereocenters. The molecule has 0 spiro atoms. The molecule has 148 valence electrons. The van der Waals surface area contributed by atoms with Crippen molar-refractivity contribution in [3.8, 4) is 0 Å². The molecular formula is C22H21N3O4. The zero-order chi connectivity index (χ0) is 20.2. The van der Waals surface area contributed by atoms with Crippen LogP contribution < -0.4 is 15.8 Å². The first kappa shape index (κ1) is 18.7. The molecule has 0 saturated carbocycles. The number of hydrogen-bond acceptors (Lipinski definition) is 4. The second-order valence-electron chi connectivity index (χ2n) is 6.93. The van der Waals surface area contributed by atoms with E-state index in [4.69, 9.17) is 4.42 Å². The lowest BCUT2D eigenvalue weighted by Crippen LogP contribution is -2.24. The van der Waals surface area contributed by atoms with Crippen molar-refractivity contribution in [2.24, 2.45) is 0 Å². The maximum atomic E-state index is 12.3. The highest BCUT2D eigenvalue weighted by molar-refractivity contribution is 5.95. The minimum absolute atomic E-state index is 0.131. The Morgan fingerprint density at radius 2 is 1.86 bits per heavy atom. The molecule has 7 nitrogen and oxygen atoms in total. The Bertz CT molecular complexity index is 1080. The standard InChI is InChI=1S/C22H21N3O4/c26-20-4-1-2-12-24(20)15-18-10-11-19(29-18)22(28)23-14-16-6-8-17(9-7-16)25-13-3-5-21(25)27/h1-2,4,6-12H,3,5,13-15H2,(H,23,28). The van der Waals surface area contributed by atoms with Crippen LogP contribution in [0.1, 0.15) is 34.7 Å². The van der Waals surface area contributed by atoms with Crippen LogP contribution in [-0.2, 0) is 17.9 Å². The van der Waals surface area contributed by atoms with Gasteiger partial charge in [-0.2, -0.15) is 0 Å². The molecule has 0 bridgehead atoms. The molecule has 3 aromatic rings. The van der Waals surface area contributed by atoms with Gasteiger partial charge in [0.15, 0.2) is 5.76 Å². The number of aromatic nitrogens is 1. The summed E-state index contributed by atoms with van der Waals surface area (Å²) in [6, 6.07) is 15.8. The Morgan fingerprint density at radius 3 is 2.59 bits per heavy atom. The summed E-state index contributed by atoms with van der Waals surface area (Å²) in [6.45, 7) is 1.37. The van der Waals surface area contributed by atoms with Crippen LogP contribution in [0.25, 0.3) is 0 Å². The van der Waals surface area contributed by atoms with Crippen molar-refractivity contribution < 1.29 is 14.0 Å². The largest absolute Gasteiger partial charge is 0.454 e. The van der Waals surface area contributed by atoms with Crippen molar-refractivity contribution in [3.05, 3.63) is 88.2 Å². The Morgan fingerprint density at radius 1 is 1.03 bits per heavy atom. The number of pyridine rings is 1. The Labute approximate surface area is 167 Å². The molecule has 0 atom stereocenters. The van der Waals surface area contributed by atoms with Crippen molar-refractivity contribution in [1.82, 2.24) is 9.88 Å². The van der Waals surface area contributed by atoms with Gasteiger partial charge in [0, 0.05) is 37.5 Å². The summed E-state index contributed by atoms with van der Waals surface area (Å²) in [5.74, 6) is 0.555. The van der Waals surface area contributed by atoms with Crippen LogP contribution >= 0.6 is 0 Å². The fourth-order valence-corrected chi connectivity index (χ4v) is 3.33. The monoisotopic (exact) mass is 391 g/mol. The van der Waals surface area contributed by atoms with E-state index in [0.29, 0.717) is 18.7 Å². The molecule has 29 heavy (non-hydrogen) atoms. The predicted octanol–water partition coefficient (Wildman–Crippen LogP) is 2.55. The second kappa shape index (κ2) is 8.18. The first-order valence-electron chi connectivity index (χ1n) is 9.52. The number of carbonyl (C=O) groups excluding carboxylic acids is 2. The van der Waals surface area contributed by atoms with Crippen LogP contribution in [0, 0.1) is 0 Å². The van der Waals surface area contributed by atoms with Gasteiger partial charge in [0.25, 0.3) is 11.5 Å². The third-order valence-electron chi connectivity index (χ3n) is 4.89. The van der Waals surface area contributed by atoms with E-state index in [0.717, 1.165) is 24.2 Å². The smallest absolute Gasteiger partial charge is 0.287 e. The lowest BCUT2D eigenvalue weighted by Gasteiger charge is -2.16. The second-order valence-corrected chi connectivity index (χ2v) is 6.93. The summed E-state index contributed by atoms with van der Waals surface area (Å²) in [5.41, 5.74) is 1.68. The molecule has 4 rings (SSSR count). The van der Waals surface area contributed by atoms with Crippen LogP contribution in [0.2, 0.25) is 0 Å². The number of nitrogens with one attached hydrogen (secondary N) is 1. The normalized spacial score (nSPS) is 13.7. The first-order chi connectivity index (χ1) is 14.1. The van der Waals surface area contributed by atoms with Gasteiger partial charge in [0.2, 0.25) is 5.91 Å². The molecule has 1 saturated heterocycles. The van der Waals surface area contributed by atoms with E-state index < -0.39 is 0 Å². The van der Waals surface area contributed by atoms with Gasteiger partial charge in [-0.3, -0.25) is 14.4 Å². The van der Waals surface area contributed by atoms with E-state index in [1.807, 2.05) is 24.3 Å². The van der Waals surface area contributed by atoms with Crippen molar-refractivity contribution >= 4 is 17.5 Å². The van der Waals surface area contributed by atoms with Gasteiger partial charge in [0.1, 0.15) is 5.76 Å². The number of benzene rings is 1. The van der Waals surface area contributed by atoms with Gasteiger partial charge < -0.3 is 19.2 Å². The molecule has 2 aromatic heterocycles. The summed E-state index contributed by atoms with van der Waals surface area (Å²) in [4.78, 5) is 37.7. The first-order valence-corrected chi connectivity index (χ1v) is 9.52. The molecule has 2 amide bonds. The Kier molecular flexibility index (Phi) is 5.29. The number of anilines is 1. The van der Waals surface area contributed by atoms with E-state index in [-0.39, 0.29) is 29.7 Å². The van der Waals surface area contributed by atoms with Gasteiger partial charge in [-0.1, -0.05) is 18.2 Å². The molecule has 0 radical (unpaired) electrons. The number of hydrogen-bond donors (Lipinski definition) is 1. The van der Waals surface area contributed by atoms with Gasteiger partial charge in [-0.05, 0) is 42.3 Å². The molecule has 3 heterocycles. The third-order valence-corrected chi connectivity index (χ3v) is 4.89. The van der Waals surface area contributed by atoms with E-state index in [1.54, 1.807) is 35.4 Å². The Hall–Kier alpha value is -3.61. The topological polar surface area (TPSA) is 84.5 Å². The minimum Gasteiger partial charge on any atom is -0.454 e. The minimum atomic E-state index is -0.324. The lowest BCUT2D eigenvalue weighted by atomic mass is 10.2. The van der Waals surface area contributed by atoms with Crippen LogP contribution in [0.15, 0.2) is 70.0 Å². The summed E-state index contributed by atoms with van der Waals surface area (Å²) >= 11 is 0. The average molecular weight is 391 g/mol. The predicted molar refractivity (Wildman–Crippen MR) is 108 cm³/mol. The molecule has 1 aromatic carbocycles. The van der Waals surface area contributed by atoms with Crippen LogP contribution in [0.3, 0.4) is 0 Å². The molecule has 0 aliphatic carbocycles. The molecule has 1 aliphatic rings. The van der Waals surface area contributed by atoms with E-state index in [1.165, 1.54) is 10.6 Å². The summed E-state index contributed by atoms with van der Waals surface area (Å²) in [6.07, 6.45) is 3.16. The SMILES string of the molecule is O=C(NCc1ccc(N2CCCC2=O)cc1)c1ccc(Cn2ccccc2=O)o1. The van der Waals surface area contributed by atoms with E-state index in [9.17, 15) is 14.4 Å². The van der Waals surface area contributed by atoms with Crippen LogP contribution in [-0.4, -0.2) is 22.9 Å². The number of carbonyl (C=O) groups is 2. The number of amides is 2. The third kappa shape index (κ3) is 4.29. The zero-order valence-electron chi connectivity index (χ0n) is 15.8. The lowest BCUT2D eigenvalue weighted by molar-refractivity contribution is -0.117. The van der Waals surface area contributed by atoms with Crippen LogP contribution in [0.4, 0.5) is 5.69 Å². The number of rotatable bonds is 6. The fraction of sp³-hybridized carbons (Fsp3) is 0.227. The van der Waals surface area contributed by atoms with Gasteiger partial charge >= 0.3 is 0 Å². The van der Waals surface area contributed by atoms with E-state index >= 15 is 0 Å². The highest BCUT2D eigenvalue weighted by atomic mass is 16.4. The van der Waals surface area contributed by atoms with Gasteiger partial charge in [-0.15, -0.1) is 0 Å². The number of furan rings is 1. The van der Waals surface area contributed by atoms with Gasteiger partial charge in [0.05, 0.1) is 6.54 Å². The van der Waals surface area contributed by atoms with Crippen molar-refractivity contribution in [1.29, 1.82) is 0 Å². The van der Waals surface area contributed by atoms with Crippen molar-refractivity contribution in [3.63, 3.8) is 0 Å². The molecular weight excluding hydrogens is 370 g/mol. The van der Waals surface area contributed by atoms with E-state index in [2.05, 4.69) is 5.32 Å². The van der Waals surface area contributed by atoms with Crippen molar-refractivity contribution in [2.75, 3.05) is 11.4 Å². The van der Waals surface area contributed by atoms with Crippen LogP contribution in [0.5, 0.6) is 0 Å². The molecule has 1 fully saturated rings. The van der Waals surface area contributed by atoms with Gasteiger partial charge in [-0.25, -0.2) is 0 Å². The average Bonchev–Trinajstić information content (AvgIpc) is 3.37.